The third kappa shape index (κ3) is 3.96. The quantitative estimate of drug-likeness (QED) is 0.927. The minimum absolute atomic E-state index is 0.148. The van der Waals surface area contributed by atoms with Crippen LogP contribution in [0, 0.1) is 11.3 Å². The van der Waals surface area contributed by atoms with E-state index in [1.807, 2.05) is 20.8 Å². The third-order valence-electron chi connectivity index (χ3n) is 4.88. The lowest BCUT2D eigenvalue weighted by Crippen LogP contribution is -2.38. The summed E-state index contributed by atoms with van der Waals surface area (Å²) < 4.78 is 0. The second kappa shape index (κ2) is 6.94. The van der Waals surface area contributed by atoms with Crippen LogP contribution in [-0.4, -0.2) is 30.4 Å². The highest BCUT2D eigenvalue weighted by molar-refractivity contribution is 5.85. The summed E-state index contributed by atoms with van der Waals surface area (Å²) in [6, 6.07) is 15.1. The Morgan fingerprint density at radius 2 is 1.92 bits per heavy atom. The van der Waals surface area contributed by atoms with Crippen LogP contribution >= 0.6 is 0 Å². The average Bonchev–Trinajstić information content (AvgIpc) is 2.99. The number of fused-ring (bicyclic) bond motifs is 1. The minimum atomic E-state index is -0.304. The zero-order valence-corrected chi connectivity index (χ0v) is 15.0. The summed E-state index contributed by atoms with van der Waals surface area (Å²) in [4.78, 5) is 14.5. The van der Waals surface area contributed by atoms with Crippen molar-refractivity contribution in [3.8, 4) is 0 Å². The van der Waals surface area contributed by atoms with Crippen LogP contribution in [0.2, 0.25) is 0 Å². The first-order valence-corrected chi connectivity index (χ1v) is 8.91. The minimum Gasteiger partial charge on any atom is -0.355 e. The van der Waals surface area contributed by atoms with E-state index in [2.05, 4.69) is 52.7 Å². The molecule has 0 unspecified atom stereocenters. The zero-order valence-electron chi connectivity index (χ0n) is 15.0. The number of hydrogen-bond donors (Lipinski definition) is 1. The molecule has 0 saturated carbocycles. The number of benzene rings is 2. The molecule has 128 valence electrons. The molecule has 3 rings (SSSR count). The lowest BCUT2D eigenvalue weighted by atomic mass is 9.95. The number of carbonyl (C=O) groups excluding carboxylic acids is 1. The van der Waals surface area contributed by atoms with Crippen LogP contribution in [0.5, 0.6) is 0 Å². The molecule has 1 aliphatic heterocycles. The lowest BCUT2D eigenvalue weighted by Gasteiger charge is -2.20. The molecule has 24 heavy (non-hydrogen) atoms. The maximum atomic E-state index is 12.0. The van der Waals surface area contributed by atoms with Gasteiger partial charge in [-0.15, -0.1) is 0 Å². The van der Waals surface area contributed by atoms with Crippen molar-refractivity contribution in [2.75, 3.05) is 19.6 Å². The van der Waals surface area contributed by atoms with Crippen molar-refractivity contribution in [2.45, 2.75) is 33.7 Å². The molecule has 1 fully saturated rings. The van der Waals surface area contributed by atoms with Crippen molar-refractivity contribution < 1.29 is 4.79 Å². The Bertz CT molecular complexity index is 712. The van der Waals surface area contributed by atoms with Gasteiger partial charge in [0.05, 0.1) is 0 Å². The molecule has 2 aromatic carbocycles. The van der Waals surface area contributed by atoms with Crippen molar-refractivity contribution >= 4 is 16.7 Å². The molecule has 0 aromatic heterocycles. The molecule has 0 aliphatic carbocycles. The van der Waals surface area contributed by atoms with Crippen LogP contribution in [0.15, 0.2) is 42.5 Å². The maximum absolute atomic E-state index is 12.0. The first-order chi connectivity index (χ1) is 11.4. The molecule has 1 heterocycles. The molecule has 1 N–H and O–H groups in total. The van der Waals surface area contributed by atoms with Gasteiger partial charge in [-0.05, 0) is 35.2 Å². The van der Waals surface area contributed by atoms with Gasteiger partial charge in [-0.25, -0.2) is 0 Å². The summed E-state index contributed by atoms with van der Waals surface area (Å²) in [5.74, 6) is 0.710. The van der Waals surface area contributed by atoms with Crippen molar-refractivity contribution in [1.82, 2.24) is 10.2 Å². The van der Waals surface area contributed by atoms with E-state index < -0.39 is 0 Å². The van der Waals surface area contributed by atoms with Gasteiger partial charge in [0.2, 0.25) is 5.91 Å². The van der Waals surface area contributed by atoms with Crippen molar-refractivity contribution in [3.63, 3.8) is 0 Å². The van der Waals surface area contributed by atoms with E-state index >= 15 is 0 Å². The van der Waals surface area contributed by atoms with Gasteiger partial charge in [0, 0.05) is 25.0 Å². The molecule has 1 atom stereocenters. The van der Waals surface area contributed by atoms with E-state index in [9.17, 15) is 4.79 Å². The largest absolute Gasteiger partial charge is 0.355 e. The second-order valence-electron chi connectivity index (χ2n) is 7.99. The fraction of sp³-hybridized carbons (Fsp3) is 0.476. The zero-order chi connectivity index (χ0) is 17.2. The van der Waals surface area contributed by atoms with Gasteiger partial charge >= 0.3 is 0 Å². The number of amides is 1. The van der Waals surface area contributed by atoms with Crippen LogP contribution in [-0.2, 0) is 11.3 Å². The smallest absolute Gasteiger partial charge is 0.225 e. The van der Waals surface area contributed by atoms with Crippen LogP contribution in [0.1, 0.15) is 32.8 Å². The number of hydrogen-bond acceptors (Lipinski definition) is 2. The summed E-state index contributed by atoms with van der Waals surface area (Å²) in [5, 5.41) is 5.77. The predicted molar refractivity (Wildman–Crippen MR) is 99.8 cm³/mol. The van der Waals surface area contributed by atoms with Gasteiger partial charge in [0.25, 0.3) is 0 Å². The third-order valence-corrected chi connectivity index (χ3v) is 4.88. The van der Waals surface area contributed by atoms with E-state index in [0.29, 0.717) is 5.92 Å². The normalized spacial score (nSPS) is 18.9. The van der Waals surface area contributed by atoms with Crippen molar-refractivity contribution in [2.24, 2.45) is 11.3 Å². The van der Waals surface area contributed by atoms with E-state index in [-0.39, 0.29) is 11.3 Å². The van der Waals surface area contributed by atoms with Crippen molar-refractivity contribution in [1.29, 1.82) is 0 Å². The Balaban J connectivity index is 1.57. The lowest BCUT2D eigenvalue weighted by molar-refractivity contribution is -0.128. The first-order valence-electron chi connectivity index (χ1n) is 8.91. The maximum Gasteiger partial charge on any atom is 0.225 e. The van der Waals surface area contributed by atoms with E-state index in [1.165, 1.54) is 16.3 Å². The van der Waals surface area contributed by atoms with Crippen LogP contribution in [0.4, 0.5) is 0 Å². The van der Waals surface area contributed by atoms with Gasteiger partial charge in [-0.3, -0.25) is 9.69 Å². The number of nitrogens with zero attached hydrogens (tertiary/aromatic N) is 1. The molecule has 0 radical (unpaired) electrons. The number of likely N-dealkylation sites (tertiary alicyclic amines) is 1. The second-order valence-corrected chi connectivity index (χ2v) is 7.99. The Morgan fingerprint density at radius 3 is 2.71 bits per heavy atom. The van der Waals surface area contributed by atoms with Gasteiger partial charge < -0.3 is 5.32 Å². The molecular weight excluding hydrogens is 296 g/mol. The average molecular weight is 324 g/mol. The Labute approximate surface area is 145 Å². The molecule has 0 spiro atoms. The van der Waals surface area contributed by atoms with Crippen LogP contribution in [0.3, 0.4) is 0 Å². The van der Waals surface area contributed by atoms with Crippen molar-refractivity contribution in [3.05, 3.63) is 48.0 Å². The molecule has 3 heteroatoms. The van der Waals surface area contributed by atoms with E-state index in [4.69, 9.17) is 0 Å². The van der Waals surface area contributed by atoms with Gasteiger partial charge in [-0.1, -0.05) is 63.2 Å². The summed E-state index contributed by atoms with van der Waals surface area (Å²) in [5.41, 5.74) is 1.09. The summed E-state index contributed by atoms with van der Waals surface area (Å²) in [6.07, 6.45) is 1.16. The Hall–Kier alpha value is -1.87. The molecule has 1 amide bonds. The van der Waals surface area contributed by atoms with E-state index in [0.717, 1.165) is 32.6 Å². The monoisotopic (exact) mass is 324 g/mol. The Kier molecular flexibility index (Phi) is 4.91. The summed E-state index contributed by atoms with van der Waals surface area (Å²) in [6.45, 7) is 9.84. The highest BCUT2D eigenvalue weighted by Crippen LogP contribution is 2.23. The topological polar surface area (TPSA) is 32.3 Å². The van der Waals surface area contributed by atoms with E-state index in [1.54, 1.807) is 0 Å². The van der Waals surface area contributed by atoms with Crippen LogP contribution < -0.4 is 5.32 Å². The molecular formula is C21H28N2O. The molecule has 3 nitrogen and oxygen atoms in total. The molecule has 1 aliphatic rings. The standard InChI is InChI=1S/C21H28N2O/c1-21(2,3)20(24)22-13-16-11-12-23(14-16)15-18-9-6-8-17-7-4-5-10-19(17)18/h4-10,16H,11-15H2,1-3H3,(H,22,24)/t16-/m0/s1. The van der Waals surface area contributed by atoms with Gasteiger partial charge in [-0.2, -0.15) is 0 Å². The summed E-state index contributed by atoms with van der Waals surface area (Å²) in [7, 11) is 0. The molecule has 1 saturated heterocycles. The SMILES string of the molecule is CC(C)(C)C(=O)NC[C@@H]1CCN(Cc2cccc3ccccc23)C1. The number of carbonyl (C=O) groups is 1. The predicted octanol–water partition coefficient (Wildman–Crippen LogP) is 3.82. The van der Waals surface area contributed by atoms with Crippen LogP contribution in [0.25, 0.3) is 10.8 Å². The number of rotatable bonds is 4. The highest BCUT2D eigenvalue weighted by Gasteiger charge is 2.26. The summed E-state index contributed by atoms with van der Waals surface area (Å²) >= 11 is 0. The molecule has 2 aromatic rings. The number of nitrogens with one attached hydrogen (secondary N) is 1. The highest BCUT2D eigenvalue weighted by atomic mass is 16.2. The van der Waals surface area contributed by atoms with Gasteiger partial charge in [0.1, 0.15) is 0 Å². The fourth-order valence-electron chi connectivity index (χ4n) is 3.40. The Morgan fingerprint density at radius 1 is 1.17 bits per heavy atom. The van der Waals surface area contributed by atoms with Gasteiger partial charge in [0.15, 0.2) is 0 Å². The first kappa shape index (κ1) is 17.0. The fourth-order valence-corrected chi connectivity index (χ4v) is 3.40. The molecule has 0 bridgehead atoms.